The van der Waals surface area contributed by atoms with Crippen LogP contribution in [0.25, 0.3) is 0 Å². The van der Waals surface area contributed by atoms with Crippen molar-refractivity contribution in [3.05, 3.63) is 214 Å². The molecule has 2 saturated heterocycles. The maximum absolute atomic E-state index is 13.9. The van der Waals surface area contributed by atoms with E-state index in [1.165, 1.54) is 15.4 Å². The van der Waals surface area contributed by atoms with Crippen LogP contribution in [0, 0.1) is 19.8 Å². The Kier molecular flexibility index (Phi) is 21.0. The van der Waals surface area contributed by atoms with Gasteiger partial charge in [0.1, 0.15) is 25.6 Å². The fourth-order valence-electron chi connectivity index (χ4n) is 8.28. The molecular formula is C60H66N2O10. The number of amides is 4. The first-order chi connectivity index (χ1) is 34.9. The van der Waals surface area contributed by atoms with E-state index in [2.05, 4.69) is 0 Å². The van der Waals surface area contributed by atoms with E-state index in [-0.39, 0.29) is 37.7 Å². The summed E-state index contributed by atoms with van der Waals surface area (Å²) in [7, 11) is 0. The Morgan fingerprint density at radius 2 is 1.00 bits per heavy atom. The van der Waals surface area contributed by atoms with Gasteiger partial charge >= 0.3 is 12.2 Å². The van der Waals surface area contributed by atoms with E-state index in [9.17, 15) is 29.1 Å². The molecule has 0 bridgehead atoms. The van der Waals surface area contributed by atoms with E-state index in [1.807, 2.05) is 184 Å². The lowest BCUT2D eigenvalue weighted by Gasteiger charge is -2.31. The standard InChI is InChI=1S/C30H33NO5.C20H21NO3.C10H12O2/c1-21-13-15-24(16-14-21)18-27(28(32)22(2)35-19-25-11-7-4-8-12-25)29(33)31-26(20-36-30(31)34)17-23-9-5-3-6-10-23;1-15-7-9-16(10-8-15)11-12-19(22)21-18(14-24-20(21)23)13-17-5-3-2-4-6-17;1-9(7-11)12-8-10-5-3-2-4-6-10/h3-16,22,26-28,32H,17-20H2,1-2H3;2-10,18H,11-14H2,1H3;2-7,9H,8H2,1H3/t22-,26+,27+,28-;18-;9-/m010/s1. The number of imide groups is 2. The zero-order chi connectivity index (χ0) is 51.2. The fraction of sp³-hybridized carbons (Fsp3) is 0.317. The van der Waals surface area contributed by atoms with Gasteiger partial charge in [0.2, 0.25) is 11.8 Å². The molecular weight excluding hydrogens is 909 g/mol. The lowest BCUT2D eigenvalue weighted by atomic mass is 9.89. The highest BCUT2D eigenvalue weighted by atomic mass is 16.6. The second-order valence-electron chi connectivity index (χ2n) is 18.2. The molecule has 0 aromatic heterocycles. The van der Waals surface area contributed by atoms with Crippen LogP contribution in [-0.4, -0.2) is 88.8 Å². The van der Waals surface area contributed by atoms with Crippen molar-refractivity contribution in [1.29, 1.82) is 0 Å². The van der Waals surface area contributed by atoms with Crippen molar-refractivity contribution < 1.29 is 48.0 Å². The lowest BCUT2D eigenvalue weighted by molar-refractivity contribution is -0.142. The zero-order valence-electron chi connectivity index (χ0n) is 41.6. The molecule has 2 aliphatic heterocycles. The molecule has 1 N–H and O–H groups in total. The first kappa shape index (κ1) is 54.1. The molecule has 12 heteroatoms. The third kappa shape index (κ3) is 16.7. The van der Waals surface area contributed by atoms with Gasteiger partial charge in [-0.25, -0.2) is 19.4 Å². The Hall–Kier alpha value is -7.25. The average molecular weight is 975 g/mol. The van der Waals surface area contributed by atoms with E-state index in [0.717, 1.165) is 45.2 Å². The molecule has 4 amide bonds. The van der Waals surface area contributed by atoms with Crippen LogP contribution in [0.5, 0.6) is 0 Å². The minimum absolute atomic E-state index is 0.132. The van der Waals surface area contributed by atoms with E-state index in [1.54, 1.807) is 13.8 Å². The van der Waals surface area contributed by atoms with Crippen molar-refractivity contribution in [2.75, 3.05) is 13.2 Å². The van der Waals surface area contributed by atoms with Crippen LogP contribution < -0.4 is 0 Å². The summed E-state index contributed by atoms with van der Waals surface area (Å²) < 4.78 is 21.6. The normalized spacial score (nSPS) is 16.7. The van der Waals surface area contributed by atoms with Gasteiger partial charge in [-0.15, -0.1) is 0 Å². The number of carbonyl (C=O) groups is 5. The van der Waals surface area contributed by atoms with Crippen LogP contribution in [0.3, 0.4) is 0 Å². The van der Waals surface area contributed by atoms with Gasteiger partial charge in [0.25, 0.3) is 0 Å². The first-order valence-corrected chi connectivity index (χ1v) is 24.5. The number of carbonyl (C=O) groups excluding carboxylic acids is 5. The molecule has 0 aliphatic carbocycles. The van der Waals surface area contributed by atoms with Crippen LogP contribution in [0.4, 0.5) is 9.59 Å². The molecule has 12 nitrogen and oxygen atoms in total. The van der Waals surface area contributed by atoms with Gasteiger partial charge in [0.15, 0.2) is 0 Å². The molecule has 6 atom stereocenters. The average Bonchev–Trinajstić information content (AvgIpc) is 3.97. The fourth-order valence-corrected chi connectivity index (χ4v) is 8.28. The number of rotatable bonds is 19. The minimum Gasteiger partial charge on any atom is -0.447 e. The summed E-state index contributed by atoms with van der Waals surface area (Å²) in [5.41, 5.74) is 8.46. The van der Waals surface area contributed by atoms with Crippen LogP contribution in [0.2, 0.25) is 0 Å². The maximum atomic E-state index is 13.9. The molecule has 8 rings (SSSR count). The molecule has 2 aliphatic rings. The summed E-state index contributed by atoms with van der Waals surface area (Å²) in [6, 6.07) is 54.3. The van der Waals surface area contributed by atoms with E-state index in [0.29, 0.717) is 38.9 Å². The molecule has 0 saturated carbocycles. The van der Waals surface area contributed by atoms with Crippen molar-refractivity contribution in [3.8, 4) is 0 Å². The Morgan fingerprint density at radius 3 is 1.47 bits per heavy atom. The quantitative estimate of drug-likeness (QED) is 0.0778. The summed E-state index contributed by atoms with van der Waals surface area (Å²) in [6.45, 7) is 8.73. The Labute approximate surface area is 423 Å². The number of hydrogen-bond donors (Lipinski definition) is 1. The number of ether oxygens (including phenoxy) is 4. The van der Waals surface area contributed by atoms with Crippen LogP contribution in [0.1, 0.15) is 64.8 Å². The third-order valence-electron chi connectivity index (χ3n) is 12.5. The number of aliphatic hydroxyl groups excluding tert-OH is 1. The second kappa shape index (κ2) is 28.0. The Bertz CT molecular complexity index is 2600. The van der Waals surface area contributed by atoms with E-state index in [4.69, 9.17) is 18.9 Å². The van der Waals surface area contributed by atoms with Gasteiger partial charge < -0.3 is 28.8 Å². The predicted molar refractivity (Wildman–Crippen MR) is 276 cm³/mol. The number of benzene rings is 6. The van der Waals surface area contributed by atoms with Crippen molar-refractivity contribution in [1.82, 2.24) is 9.80 Å². The Morgan fingerprint density at radius 1 is 0.583 bits per heavy atom. The number of cyclic esters (lactones) is 2. The molecule has 0 unspecified atom stereocenters. The van der Waals surface area contributed by atoms with Gasteiger partial charge in [0, 0.05) is 6.42 Å². The number of hydrogen-bond acceptors (Lipinski definition) is 10. The summed E-state index contributed by atoms with van der Waals surface area (Å²) in [6.07, 6.45) is -0.123. The van der Waals surface area contributed by atoms with Crippen molar-refractivity contribution in [2.45, 2.75) is 103 Å². The number of aldehydes is 1. The highest BCUT2D eigenvalue weighted by Gasteiger charge is 2.44. The number of aryl methyl sites for hydroxylation is 3. The highest BCUT2D eigenvalue weighted by molar-refractivity contribution is 5.95. The molecule has 72 heavy (non-hydrogen) atoms. The van der Waals surface area contributed by atoms with Crippen LogP contribution in [0.15, 0.2) is 170 Å². The van der Waals surface area contributed by atoms with Gasteiger partial charge in [-0.05, 0) is 86.8 Å². The smallest absolute Gasteiger partial charge is 0.416 e. The number of nitrogens with zero attached hydrogens (tertiary/aromatic N) is 2. The summed E-state index contributed by atoms with van der Waals surface area (Å²) in [5, 5.41) is 11.3. The van der Waals surface area contributed by atoms with Crippen LogP contribution in [-0.2, 0) is 72.2 Å². The van der Waals surface area contributed by atoms with Gasteiger partial charge in [-0.3, -0.25) is 9.59 Å². The molecule has 376 valence electrons. The predicted octanol–water partition coefficient (Wildman–Crippen LogP) is 10.0. The molecule has 2 heterocycles. The van der Waals surface area contributed by atoms with Gasteiger partial charge in [-0.2, -0.15) is 0 Å². The largest absolute Gasteiger partial charge is 0.447 e. The zero-order valence-corrected chi connectivity index (χ0v) is 41.6. The Balaban J connectivity index is 0.000000201. The monoisotopic (exact) mass is 974 g/mol. The van der Waals surface area contributed by atoms with Crippen molar-refractivity contribution in [3.63, 3.8) is 0 Å². The summed E-state index contributed by atoms with van der Waals surface area (Å²) >= 11 is 0. The molecule has 6 aromatic rings. The highest BCUT2D eigenvalue weighted by Crippen LogP contribution is 2.26. The number of aliphatic hydroxyl groups is 1. The summed E-state index contributed by atoms with van der Waals surface area (Å²) in [5.74, 6) is -1.48. The van der Waals surface area contributed by atoms with Gasteiger partial charge in [-0.1, -0.05) is 181 Å². The van der Waals surface area contributed by atoms with Crippen molar-refractivity contribution in [2.24, 2.45) is 5.92 Å². The first-order valence-electron chi connectivity index (χ1n) is 24.5. The van der Waals surface area contributed by atoms with Crippen LogP contribution >= 0.6 is 0 Å². The second-order valence-corrected chi connectivity index (χ2v) is 18.2. The maximum Gasteiger partial charge on any atom is 0.416 e. The SMILES string of the molecule is C[C@@H](C=O)OCc1ccccc1.Cc1ccc(CCC(=O)N2C(=O)OC[C@H]2Cc2ccccc2)cc1.Cc1ccc(C[C@@H](C(=O)N2C(=O)OC[C@H]2Cc2ccccc2)[C@@H](O)[C@H](C)OCc2ccccc2)cc1. The molecule has 6 aromatic carbocycles. The lowest BCUT2D eigenvalue weighted by Crippen LogP contribution is -2.49. The van der Waals surface area contributed by atoms with E-state index < -0.39 is 42.3 Å². The third-order valence-corrected chi connectivity index (χ3v) is 12.5. The van der Waals surface area contributed by atoms with Gasteiger partial charge in [0.05, 0.1) is 43.4 Å². The summed E-state index contributed by atoms with van der Waals surface area (Å²) in [4.78, 5) is 63.7. The van der Waals surface area contributed by atoms with E-state index >= 15 is 0 Å². The molecule has 2 fully saturated rings. The molecule has 0 spiro atoms. The van der Waals surface area contributed by atoms with Crippen molar-refractivity contribution >= 4 is 30.3 Å². The minimum atomic E-state index is -1.12. The topological polar surface area (TPSA) is 149 Å². The molecule has 0 radical (unpaired) electrons.